The Hall–Kier alpha value is -3.32. The van der Waals surface area contributed by atoms with E-state index in [2.05, 4.69) is 21.7 Å². The molecule has 0 bridgehead atoms. The van der Waals surface area contributed by atoms with Gasteiger partial charge in [-0.2, -0.15) is 0 Å². The third-order valence-electron chi connectivity index (χ3n) is 5.52. The standard InChI is InChI=1S/C24H27N3O4/c1-29-21-10-18(11-22(13-21)30-2)19-9-17-3-4-20(12-23(17)25-15-19)27-24(28)26-14-16-5-7-31-8-6-16/h3-4,9-13,15-16H,5-8,14H2,1-2H3,(H2,26,27,28). The van der Waals surface area contributed by atoms with Crippen LogP contribution in [0.1, 0.15) is 12.8 Å². The van der Waals surface area contributed by atoms with Gasteiger partial charge in [0.1, 0.15) is 11.5 Å². The smallest absolute Gasteiger partial charge is 0.319 e. The van der Waals surface area contributed by atoms with Crippen LogP contribution in [0.25, 0.3) is 22.0 Å². The molecule has 0 atom stereocenters. The molecule has 0 saturated carbocycles. The van der Waals surface area contributed by atoms with Gasteiger partial charge in [-0.05, 0) is 54.7 Å². The Morgan fingerprint density at radius 1 is 1.03 bits per heavy atom. The van der Waals surface area contributed by atoms with Gasteiger partial charge in [0.2, 0.25) is 0 Å². The average molecular weight is 421 g/mol. The lowest BCUT2D eigenvalue weighted by Gasteiger charge is -2.22. The van der Waals surface area contributed by atoms with E-state index in [1.807, 2.05) is 42.6 Å². The van der Waals surface area contributed by atoms with Gasteiger partial charge in [-0.1, -0.05) is 6.07 Å². The number of carbonyl (C=O) groups is 1. The van der Waals surface area contributed by atoms with E-state index in [0.717, 1.165) is 59.6 Å². The lowest BCUT2D eigenvalue weighted by Crippen LogP contribution is -2.35. The number of rotatable bonds is 6. The Labute approximate surface area is 181 Å². The SMILES string of the molecule is COc1cc(OC)cc(-c2cnc3cc(NC(=O)NCC4CCOCC4)ccc3c2)c1. The summed E-state index contributed by atoms with van der Waals surface area (Å²) in [7, 11) is 3.26. The van der Waals surface area contributed by atoms with E-state index >= 15 is 0 Å². The number of amides is 2. The Bertz CT molecular complexity index is 1040. The minimum absolute atomic E-state index is 0.203. The highest BCUT2D eigenvalue weighted by atomic mass is 16.5. The number of anilines is 1. The Kier molecular flexibility index (Phi) is 6.52. The number of pyridine rings is 1. The molecule has 7 nitrogen and oxygen atoms in total. The molecule has 1 saturated heterocycles. The number of hydrogen-bond donors (Lipinski definition) is 2. The zero-order valence-electron chi connectivity index (χ0n) is 17.8. The van der Waals surface area contributed by atoms with Gasteiger partial charge >= 0.3 is 6.03 Å². The minimum Gasteiger partial charge on any atom is -0.497 e. The molecule has 0 radical (unpaired) electrons. The zero-order valence-corrected chi connectivity index (χ0v) is 17.8. The van der Waals surface area contributed by atoms with Crippen LogP contribution in [0.2, 0.25) is 0 Å². The lowest BCUT2D eigenvalue weighted by molar-refractivity contribution is 0.0671. The number of nitrogens with one attached hydrogen (secondary N) is 2. The first-order valence-electron chi connectivity index (χ1n) is 10.4. The number of carbonyl (C=O) groups excluding carboxylic acids is 1. The van der Waals surface area contributed by atoms with Crippen molar-refractivity contribution in [3.63, 3.8) is 0 Å². The molecule has 7 heteroatoms. The summed E-state index contributed by atoms with van der Waals surface area (Å²) in [6.45, 7) is 2.21. The van der Waals surface area contributed by atoms with Gasteiger partial charge in [-0.25, -0.2) is 4.79 Å². The van der Waals surface area contributed by atoms with Crippen LogP contribution < -0.4 is 20.1 Å². The molecule has 4 rings (SSSR count). The number of nitrogens with zero attached hydrogens (tertiary/aromatic N) is 1. The summed E-state index contributed by atoms with van der Waals surface area (Å²) in [5, 5.41) is 6.83. The number of urea groups is 1. The largest absolute Gasteiger partial charge is 0.497 e. The van der Waals surface area contributed by atoms with Crippen molar-refractivity contribution in [2.45, 2.75) is 12.8 Å². The Balaban J connectivity index is 1.46. The van der Waals surface area contributed by atoms with Crippen LogP contribution in [0, 0.1) is 5.92 Å². The maximum Gasteiger partial charge on any atom is 0.319 e. The van der Waals surface area contributed by atoms with Crippen molar-refractivity contribution < 1.29 is 19.0 Å². The van der Waals surface area contributed by atoms with Gasteiger partial charge < -0.3 is 24.8 Å². The van der Waals surface area contributed by atoms with Gasteiger partial charge in [-0.3, -0.25) is 4.98 Å². The summed E-state index contributed by atoms with van der Waals surface area (Å²) in [6.07, 6.45) is 3.79. The molecule has 1 fully saturated rings. The first kappa shape index (κ1) is 20.9. The third-order valence-corrected chi connectivity index (χ3v) is 5.52. The number of ether oxygens (including phenoxy) is 3. The molecule has 2 heterocycles. The van der Waals surface area contributed by atoms with Crippen molar-refractivity contribution in [2.75, 3.05) is 39.3 Å². The van der Waals surface area contributed by atoms with Crippen LogP contribution in [0.4, 0.5) is 10.5 Å². The molecule has 3 aromatic rings. The summed E-state index contributed by atoms with van der Waals surface area (Å²) >= 11 is 0. The van der Waals surface area contributed by atoms with Gasteiger partial charge in [0.05, 0.1) is 19.7 Å². The number of methoxy groups -OCH3 is 2. The molecule has 0 aliphatic carbocycles. The highest BCUT2D eigenvalue weighted by molar-refractivity contribution is 5.93. The Morgan fingerprint density at radius 3 is 2.48 bits per heavy atom. The molecular formula is C24H27N3O4. The maximum absolute atomic E-state index is 12.3. The molecule has 2 amide bonds. The molecule has 162 valence electrons. The molecule has 31 heavy (non-hydrogen) atoms. The number of aromatic nitrogens is 1. The highest BCUT2D eigenvalue weighted by Crippen LogP contribution is 2.31. The minimum atomic E-state index is -0.203. The molecular weight excluding hydrogens is 394 g/mol. The van der Waals surface area contributed by atoms with E-state index in [9.17, 15) is 4.79 Å². The normalized spacial score (nSPS) is 14.3. The fourth-order valence-electron chi connectivity index (χ4n) is 3.69. The third kappa shape index (κ3) is 5.24. The average Bonchev–Trinajstić information content (AvgIpc) is 2.82. The van der Waals surface area contributed by atoms with Gasteiger partial charge in [-0.15, -0.1) is 0 Å². The van der Waals surface area contributed by atoms with Crippen molar-refractivity contribution >= 4 is 22.6 Å². The second-order valence-electron chi connectivity index (χ2n) is 7.62. The molecule has 0 spiro atoms. The lowest BCUT2D eigenvalue weighted by atomic mass is 10.0. The number of benzene rings is 2. The summed E-state index contributed by atoms with van der Waals surface area (Å²) in [5.41, 5.74) is 3.43. The predicted octanol–water partition coefficient (Wildman–Crippen LogP) is 4.47. The molecule has 1 aliphatic rings. The van der Waals surface area contributed by atoms with Crippen LogP contribution >= 0.6 is 0 Å². The van der Waals surface area contributed by atoms with Gasteiger partial charge in [0.15, 0.2) is 0 Å². The summed E-state index contributed by atoms with van der Waals surface area (Å²) in [4.78, 5) is 16.8. The van der Waals surface area contributed by atoms with E-state index in [1.165, 1.54) is 0 Å². The summed E-state index contributed by atoms with van der Waals surface area (Å²) in [6, 6.07) is 13.3. The van der Waals surface area contributed by atoms with Crippen molar-refractivity contribution in [2.24, 2.45) is 5.92 Å². The Morgan fingerprint density at radius 2 is 1.77 bits per heavy atom. The van der Waals surface area contributed by atoms with Crippen molar-refractivity contribution in [3.8, 4) is 22.6 Å². The fraction of sp³-hybridized carbons (Fsp3) is 0.333. The number of hydrogen-bond acceptors (Lipinski definition) is 5. The topological polar surface area (TPSA) is 81.7 Å². The second kappa shape index (κ2) is 9.66. The summed E-state index contributed by atoms with van der Waals surface area (Å²) < 4.78 is 16.1. The first-order valence-corrected chi connectivity index (χ1v) is 10.4. The van der Waals surface area contributed by atoms with Crippen molar-refractivity contribution in [1.29, 1.82) is 0 Å². The van der Waals surface area contributed by atoms with Crippen LogP contribution in [-0.2, 0) is 4.74 Å². The monoisotopic (exact) mass is 421 g/mol. The maximum atomic E-state index is 12.3. The van der Waals surface area contributed by atoms with E-state index in [0.29, 0.717) is 18.2 Å². The molecule has 1 aromatic heterocycles. The summed E-state index contributed by atoms with van der Waals surface area (Å²) in [5.74, 6) is 1.92. The molecule has 2 N–H and O–H groups in total. The van der Waals surface area contributed by atoms with E-state index in [4.69, 9.17) is 14.2 Å². The zero-order chi connectivity index (χ0) is 21.6. The van der Waals surface area contributed by atoms with Crippen LogP contribution in [-0.4, -0.2) is 45.0 Å². The number of fused-ring (bicyclic) bond motifs is 1. The van der Waals surface area contributed by atoms with Crippen molar-refractivity contribution in [1.82, 2.24) is 10.3 Å². The first-order chi connectivity index (χ1) is 15.1. The molecule has 1 aliphatic heterocycles. The fourth-order valence-corrected chi connectivity index (χ4v) is 3.69. The van der Waals surface area contributed by atoms with Crippen molar-refractivity contribution in [3.05, 3.63) is 48.7 Å². The second-order valence-corrected chi connectivity index (χ2v) is 7.62. The predicted molar refractivity (Wildman–Crippen MR) is 121 cm³/mol. The van der Waals surface area contributed by atoms with Crippen LogP contribution in [0.15, 0.2) is 48.7 Å². The van der Waals surface area contributed by atoms with E-state index in [1.54, 1.807) is 14.2 Å². The molecule has 0 unspecified atom stereocenters. The van der Waals surface area contributed by atoms with Gasteiger partial charge in [0, 0.05) is 48.7 Å². The van der Waals surface area contributed by atoms with Crippen LogP contribution in [0.3, 0.4) is 0 Å². The van der Waals surface area contributed by atoms with Crippen LogP contribution in [0.5, 0.6) is 11.5 Å². The van der Waals surface area contributed by atoms with E-state index < -0.39 is 0 Å². The highest BCUT2D eigenvalue weighted by Gasteiger charge is 2.14. The van der Waals surface area contributed by atoms with E-state index in [-0.39, 0.29) is 6.03 Å². The quantitative estimate of drug-likeness (QED) is 0.614. The molecule has 2 aromatic carbocycles. The van der Waals surface area contributed by atoms with Gasteiger partial charge in [0.25, 0.3) is 0 Å².